The molecule has 0 saturated carbocycles. The van der Waals surface area contributed by atoms with Gasteiger partial charge in [0.1, 0.15) is 0 Å². The van der Waals surface area contributed by atoms with Gasteiger partial charge in [-0.3, -0.25) is 4.79 Å². The molecule has 2 aromatic rings. The number of aliphatic hydroxyl groups is 1. The lowest BCUT2D eigenvalue weighted by molar-refractivity contribution is -0.132. The Kier molecular flexibility index (Phi) is 5.98. The summed E-state index contributed by atoms with van der Waals surface area (Å²) in [6.45, 7) is 0.918. The standard InChI is InChI=1S/C18H21NO2/c20-14-13-19(15-17-9-5-2-6-10-17)18(21)12-11-16-7-3-1-4-8-16/h1-10,20H,11-15H2. The lowest BCUT2D eigenvalue weighted by atomic mass is 10.1. The molecule has 0 aliphatic rings. The fourth-order valence-corrected chi connectivity index (χ4v) is 2.27. The summed E-state index contributed by atoms with van der Waals surface area (Å²) in [5.41, 5.74) is 2.24. The van der Waals surface area contributed by atoms with Gasteiger partial charge in [-0.25, -0.2) is 0 Å². The molecule has 0 aliphatic heterocycles. The number of nitrogens with zero attached hydrogens (tertiary/aromatic N) is 1. The third-order valence-electron chi connectivity index (χ3n) is 3.41. The van der Waals surface area contributed by atoms with Crippen molar-refractivity contribution in [2.75, 3.05) is 13.2 Å². The van der Waals surface area contributed by atoms with Crippen LogP contribution in [-0.4, -0.2) is 29.1 Å². The second kappa shape index (κ2) is 8.22. The average Bonchev–Trinajstić information content (AvgIpc) is 2.54. The Morgan fingerprint density at radius 3 is 2.05 bits per heavy atom. The Morgan fingerprint density at radius 1 is 0.905 bits per heavy atom. The van der Waals surface area contributed by atoms with Crippen LogP contribution >= 0.6 is 0 Å². The van der Waals surface area contributed by atoms with Gasteiger partial charge in [0, 0.05) is 19.5 Å². The van der Waals surface area contributed by atoms with Crippen LogP contribution in [0.25, 0.3) is 0 Å². The molecule has 0 atom stereocenters. The smallest absolute Gasteiger partial charge is 0.223 e. The van der Waals surface area contributed by atoms with Gasteiger partial charge in [0.2, 0.25) is 5.91 Å². The minimum Gasteiger partial charge on any atom is -0.395 e. The number of hydrogen-bond acceptors (Lipinski definition) is 2. The summed E-state index contributed by atoms with van der Waals surface area (Å²) in [6.07, 6.45) is 1.20. The van der Waals surface area contributed by atoms with Gasteiger partial charge in [0.15, 0.2) is 0 Å². The van der Waals surface area contributed by atoms with Crippen molar-refractivity contribution in [1.82, 2.24) is 4.90 Å². The molecule has 0 saturated heterocycles. The molecule has 0 aromatic heterocycles. The van der Waals surface area contributed by atoms with Crippen molar-refractivity contribution in [2.24, 2.45) is 0 Å². The van der Waals surface area contributed by atoms with Gasteiger partial charge < -0.3 is 10.0 Å². The van der Waals surface area contributed by atoms with Gasteiger partial charge in [-0.1, -0.05) is 60.7 Å². The largest absolute Gasteiger partial charge is 0.395 e. The number of benzene rings is 2. The number of amides is 1. The van der Waals surface area contributed by atoms with Gasteiger partial charge in [0.05, 0.1) is 6.61 Å². The van der Waals surface area contributed by atoms with Gasteiger partial charge in [-0.2, -0.15) is 0 Å². The van der Waals surface area contributed by atoms with Crippen LogP contribution in [0.2, 0.25) is 0 Å². The lowest BCUT2D eigenvalue weighted by Gasteiger charge is -2.22. The van der Waals surface area contributed by atoms with E-state index < -0.39 is 0 Å². The van der Waals surface area contributed by atoms with Crippen LogP contribution < -0.4 is 0 Å². The number of carbonyl (C=O) groups is 1. The van der Waals surface area contributed by atoms with E-state index in [1.54, 1.807) is 4.90 Å². The Morgan fingerprint density at radius 2 is 1.48 bits per heavy atom. The van der Waals surface area contributed by atoms with E-state index in [2.05, 4.69) is 0 Å². The molecule has 110 valence electrons. The Hall–Kier alpha value is -2.13. The molecule has 1 N–H and O–H groups in total. The Bertz CT molecular complexity index is 540. The van der Waals surface area contributed by atoms with E-state index in [1.165, 1.54) is 0 Å². The molecule has 0 spiro atoms. The third kappa shape index (κ3) is 5.04. The zero-order valence-corrected chi connectivity index (χ0v) is 12.1. The maximum atomic E-state index is 12.3. The number of carbonyl (C=O) groups excluding carboxylic acids is 1. The van der Waals surface area contributed by atoms with Crippen molar-refractivity contribution in [2.45, 2.75) is 19.4 Å². The summed E-state index contributed by atoms with van der Waals surface area (Å²) in [6, 6.07) is 19.9. The first-order valence-corrected chi connectivity index (χ1v) is 7.26. The van der Waals surface area contributed by atoms with E-state index in [0.29, 0.717) is 19.5 Å². The van der Waals surface area contributed by atoms with E-state index in [0.717, 1.165) is 17.5 Å². The molecule has 21 heavy (non-hydrogen) atoms. The minimum absolute atomic E-state index is 0.0100. The fourth-order valence-electron chi connectivity index (χ4n) is 2.27. The first-order valence-electron chi connectivity index (χ1n) is 7.26. The van der Waals surface area contributed by atoms with Crippen LogP contribution in [-0.2, 0) is 17.8 Å². The summed E-state index contributed by atoms with van der Waals surface area (Å²) in [5.74, 6) is 0.0803. The van der Waals surface area contributed by atoms with E-state index in [-0.39, 0.29) is 12.5 Å². The first kappa shape index (κ1) is 15.3. The minimum atomic E-state index is -0.0100. The van der Waals surface area contributed by atoms with Crippen LogP contribution in [0.3, 0.4) is 0 Å². The summed E-state index contributed by atoms with van der Waals surface area (Å²) < 4.78 is 0. The number of aliphatic hydroxyl groups excluding tert-OH is 1. The number of hydrogen-bond donors (Lipinski definition) is 1. The highest BCUT2D eigenvalue weighted by Crippen LogP contribution is 2.09. The van der Waals surface area contributed by atoms with Crippen molar-refractivity contribution < 1.29 is 9.90 Å². The molecule has 3 heteroatoms. The van der Waals surface area contributed by atoms with E-state index >= 15 is 0 Å². The summed E-state index contributed by atoms with van der Waals surface area (Å²) in [5, 5.41) is 9.15. The van der Waals surface area contributed by atoms with Crippen molar-refractivity contribution in [3.05, 3.63) is 71.8 Å². The Labute approximate surface area is 125 Å². The fraction of sp³-hybridized carbons (Fsp3) is 0.278. The second-order valence-corrected chi connectivity index (χ2v) is 5.01. The first-order chi connectivity index (χ1) is 10.3. The number of aryl methyl sites for hydroxylation is 1. The van der Waals surface area contributed by atoms with Gasteiger partial charge >= 0.3 is 0 Å². The van der Waals surface area contributed by atoms with Crippen LogP contribution in [0.15, 0.2) is 60.7 Å². The Balaban J connectivity index is 1.92. The quantitative estimate of drug-likeness (QED) is 0.848. The number of rotatable bonds is 7. The predicted molar refractivity (Wildman–Crippen MR) is 83.7 cm³/mol. The third-order valence-corrected chi connectivity index (χ3v) is 3.41. The van der Waals surface area contributed by atoms with E-state index in [9.17, 15) is 4.79 Å². The molecule has 0 radical (unpaired) electrons. The van der Waals surface area contributed by atoms with Crippen molar-refractivity contribution in [3.63, 3.8) is 0 Å². The molecular formula is C18H21NO2. The highest BCUT2D eigenvalue weighted by atomic mass is 16.3. The molecule has 0 heterocycles. The molecular weight excluding hydrogens is 262 g/mol. The van der Waals surface area contributed by atoms with Crippen LogP contribution in [0.5, 0.6) is 0 Å². The summed E-state index contributed by atoms with van der Waals surface area (Å²) in [4.78, 5) is 14.0. The summed E-state index contributed by atoms with van der Waals surface area (Å²) >= 11 is 0. The topological polar surface area (TPSA) is 40.5 Å². The van der Waals surface area contributed by atoms with Crippen molar-refractivity contribution in [1.29, 1.82) is 0 Å². The molecule has 1 amide bonds. The SMILES string of the molecule is O=C(CCc1ccccc1)N(CCO)Cc1ccccc1. The van der Waals surface area contributed by atoms with E-state index in [1.807, 2.05) is 60.7 Å². The molecule has 2 aromatic carbocycles. The predicted octanol–water partition coefficient (Wildman–Crippen LogP) is 2.64. The second-order valence-electron chi connectivity index (χ2n) is 5.01. The van der Waals surface area contributed by atoms with Crippen LogP contribution in [0.4, 0.5) is 0 Å². The average molecular weight is 283 g/mol. The molecule has 0 unspecified atom stereocenters. The van der Waals surface area contributed by atoms with Crippen molar-refractivity contribution in [3.8, 4) is 0 Å². The van der Waals surface area contributed by atoms with Gasteiger partial charge in [-0.15, -0.1) is 0 Å². The van der Waals surface area contributed by atoms with E-state index in [4.69, 9.17) is 5.11 Å². The van der Waals surface area contributed by atoms with Crippen molar-refractivity contribution >= 4 is 5.91 Å². The maximum Gasteiger partial charge on any atom is 0.223 e. The van der Waals surface area contributed by atoms with Crippen LogP contribution in [0.1, 0.15) is 17.5 Å². The zero-order chi connectivity index (χ0) is 14.9. The zero-order valence-electron chi connectivity index (χ0n) is 12.1. The highest BCUT2D eigenvalue weighted by molar-refractivity contribution is 5.76. The van der Waals surface area contributed by atoms with Gasteiger partial charge in [-0.05, 0) is 17.5 Å². The molecule has 3 nitrogen and oxygen atoms in total. The summed E-state index contributed by atoms with van der Waals surface area (Å²) in [7, 11) is 0. The monoisotopic (exact) mass is 283 g/mol. The highest BCUT2D eigenvalue weighted by Gasteiger charge is 2.13. The lowest BCUT2D eigenvalue weighted by Crippen LogP contribution is -2.33. The molecule has 2 rings (SSSR count). The molecule has 0 fully saturated rings. The van der Waals surface area contributed by atoms with Crippen LogP contribution in [0, 0.1) is 0 Å². The normalized spacial score (nSPS) is 10.3. The molecule has 0 aliphatic carbocycles. The van der Waals surface area contributed by atoms with Gasteiger partial charge in [0.25, 0.3) is 0 Å². The molecule has 0 bridgehead atoms. The maximum absolute atomic E-state index is 12.3.